The molecule has 31 heavy (non-hydrogen) atoms. The number of benzene rings is 3. The zero-order chi connectivity index (χ0) is 22.3. The van der Waals surface area contributed by atoms with Gasteiger partial charge in [-0.25, -0.2) is 4.79 Å². The topological polar surface area (TPSA) is 114 Å². The first kappa shape index (κ1) is 21.8. The van der Waals surface area contributed by atoms with Gasteiger partial charge >= 0.3 is 16.1 Å². The number of carbonyl (C=O) groups excluding carboxylic acids is 2. The summed E-state index contributed by atoms with van der Waals surface area (Å²) in [6.45, 7) is 1.72. The normalized spacial score (nSPS) is 10.7. The van der Waals surface area contributed by atoms with Crippen molar-refractivity contribution in [3.63, 3.8) is 0 Å². The van der Waals surface area contributed by atoms with Crippen LogP contribution in [0.3, 0.4) is 0 Å². The Labute approximate surface area is 180 Å². The minimum Gasteiger partial charge on any atom is -0.377 e. The standard InChI is InChI=1S/C22H21N3O5S/c1-2-21(26)23-17-12-14-18(15-13-17)31(28,29)30-20-11-7-6-10-19(20)25-22(27)24-16-8-4-3-5-9-16/h3-15H,2H2,1H3,(H,23,26)(H2,24,25,27). The van der Waals surface area contributed by atoms with Gasteiger partial charge in [-0.15, -0.1) is 0 Å². The van der Waals surface area contributed by atoms with Crippen LogP contribution in [-0.4, -0.2) is 20.4 Å². The smallest absolute Gasteiger partial charge is 0.339 e. The number of anilines is 3. The largest absolute Gasteiger partial charge is 0.377 e. The predicted molar refractivity (Wildman–Crippen MR) is 119 cm³/mol. The van der Waals surface area contributed by atoms with Crippen molar-refractivity contribution in [1.29, 1.82) is 0 Å². The summed E-state index contributed by atoms with van der Waals surface area (Å²) < 4.78 is 30.6. The second-order valence-corrected chi connectivity index (χ2v) is 7.95. The summed E-state index contributed by atoms with van der Waals surface area (Å²) in [7, 11) is -4.17. The Morgan fingerprint density at radius 3 is 2.06 bits per heavy atom. The monoisotopic (exact) mass is 439 g/mol. The number of rotatable bonds is 7. The lowest BCUT2D eigenvalue weighted by molar-refractivity contribution is -0.115. The molecule has 0 radical (unpaired) electrons. The lowest BCUT2D eigenvalue weighted by Crippen LogP contribution is -2.20. The van der Waals surface area contributed by atoms with Crippen molar-refractivity contribution in [1.82, 2.24) is 0 Å². The van der Waals surface area contributed by atoms with Crippen LogP contribution in [0.5, 0.6) is 5.75 Å². The molecule has 8 nitrogen and oxygen atoms in total. The second-order valence-electron chi connectivity index (χ2n) is 6.40. The Kier molecular flexibility index (Phi) is 6.88. The van der Waals surface area contributed by atoms with E-state index in [0.717, 1.165) is 0 Å². The number of para-hydroxylation sites is 3. The molecular formula is C22H21N3O5S. The molecule has 0 bridgehead atoms. The molecular weight excluding hydrogens is 418 g/mol. The van der Waals surface area contributed by atoms with Crippen LogP contribution >= 0.6 is 0 Å². The lowest BCUT2D eigenvalue weighted by Gasteiger charge is -2.13. The highest BCUT2D eigenvalue weighted by molar-refractivity contribution is 7.87. The molecule has 0 aliphatic rings. The Balaban J connectivity index is 1.73. The van der Waals surface area contributed by atoms with Crippen molar-refractivity contribution in [2.24, 2.45) is 0 Å². The molecule has 0 saturated heterocycles. The van der Waals surface area contributed by atoms with E-state index < -0.39 is 16.1 Å². The maximum atomic E-state index is 12.7. The third-order valence-corrected chi connectivity index (χ3v) is 5.36. The lowest BCUT2D eigenvalue weighted by atomic mass is 10.3. The minimum absolute atomic E-state index is 0.0333. The zero-order valence-corrected chi connectivity index (χ0v) is 17.5. The third-order valence-electron chi connectivity index (χ3n) is 4.11. The molecule has 3 rings (SSSR count). The third kappa shape index (κ3) is 6.06. The van der Waals surface area contributed by atoms with Crippen LogP contribution in [-0.2, 0) is 14.9 Å². The molecule has 160 valence electrons. The van der Waals surface area contributed by atoms with E-state index in [9.17, 15) is 18.0 Å². The number of carbonyl (C=O) groups is 2. The molecule has 3 aromatic rings. The Morgan fingerprint density at radius 2 is 1.39 bits per heavy atom. The first-order valence-corrected chi connectivity index (χ1v) is 10.8. The molecule has 3 amide bonds. The fourth-order valence-electron chi connectivity index (χ4n) is 2.57. The van der Waals surface area contributed by atoms with Crippen molar-refractivity contribution in [2.75, 3.05) is 16.0 Å². The van der Waals surface area contributed by atoms with Gasteiger partial charge in [-0.2, -0.15) is 8.42 Å². The van der Waals surface area contributed by atoms with Gasteiger partial charge < -0.3 is 20.1 Å². The summed E-state index contributed by atoms with van der Waals surface area (Å²) in [5.41, 5.74) is 1.25. The molecule has 0 spiro atoms. The van der Waals surface area contributed by atoms with Crippen LogP contribution in [0, 0.1) is 0 Å². The molecule has 0 atom stereocenters. The summed E-state index contributed by atoms with van der Waals surface area (Å²) >= 11 is 0. The van der Waals surface area contributed by atoms with Crippen molar-refractivity contribution in [3.8, 4) is 5.75 Å². The van der Waals surface area contributed by atoms with Gasteiger partial charge in [0.1, 0.15) is 4.90 Å². The summed E-state index contributed by atoms with van der Waals surface area (Å²) in [6, 6.07) is 20.1. The van der Waals surface area contributed by atoms with Gasteiger partial charge in [0, 0.05) is 17.8 Å². The van der Waals surface area contributed by atoms with Crippen LogP contribution in [0.4, 0.5) is 21.9 Å². The summed E-state index contributed by atoms with van der Waals surface area (Å²) in [6.07, 6.45) is 0.310. The first-order chi connectivity index (χ1) is 14.9. The maximum absolute atomic E-state index is 12.7. The van der Waals surface area contributed by atoms with Gasteiger partial charge in [-0.3, -0.25) is 4.79 Å². The number of urea groups is 1. The van der Waals surface area contributed by atoms with Crippen LogP contribution in [0.25, 0.3) is 0 Å². The van der Waals surface area contributed by atoms with Gasteiger partial charge in [0.25, 0.3) is 0 Å². The first-order valence-electron chi connectivity index (χ1n) is 9.44. The van der Waals surface area contributed by atoms with Crippen molar-refractivity contribution < 1.29 is 22.2 Å². The van der Waals surface area contributed by atoms with Gasteiger partial charge in [0.2, 0.25) is 5.91 Å². The number of nitrogens with one attached hydrogen (secondary N) is 3. The predicted octanol–water partition coefficient (Wildman–Crippen LogP) is 4.45. The number of amides is 3. The highest BCUT2D eigenvalue weighted by Gasteiger charge is 2.19. The van der Waals surface area contributed by atoms with E-state index >= 15 is 0 Å². The number of hydrogen-bond donors (Lipinski definition) is 3. The maximum Gasteiger partial charge on any atom is 0.339 e. The van der Waals surface area contributed by atoms with E-state index in [-0.39, 0.29) is 22.2 Å². The highest BCUT2D eigenvalue weighted by atomic mass is 32.2. The Hall–Kier alpha value is -3.85. The quantitative estimate of drug-likeness (QED) is 0.471. The van der Waals surface area contributed by atoms with E-state index in [0.29, 0.717) is 17.8 Å². The molecule has 0 heterocycles. The van der Waals surface area contributed by atoms with Gasteiger partial charge in [-0.05, 0) is 48.5 Å². The fourth-order valence-corrected chi connectivity index (χ4v) is 3.52. The molecule has 0 aliphatic heterocycles. The van der Waals surface area contributed by atoms with Crippen molar-refractivity contribution >= 4 is 39.1 Å². The Bertz CT molecular complexity index is 1160. The molecule has 0 saturated carbocycles. The van der Waals surface area contributed by atoms with E-state index in [2.05, 4.69) is 16.0 Å². The Morgan fingerprint density at radius 1 is 0.774 bits per heavy atom. The van der Waals surface area contributed by atoms with Crippen LogP contribution in [0.15, 0.2) is 83.8 Å². The molecule has 0 fully saturated rings. The van der Waals surface area contributed by atoms with Crippen LogP contribution < -0.4 is 20.1 Å². The van der Waals surface area contributed by atoms with E-state index in [1.54, 1.807) is 43.3 Å². The van der Waals surface area contributed by atoms with E-state index in [4.69, 9.17) is 4.18 Å². The highest BCUT2D eigenvalue weighted by Crippen LogP contribution is 2.28. The van der Waals surface area contributed by atoms with Crippen LogP contribution in [0.1, 0.15) is 13.3 Å². The molecule has 0 aliphatic carbocycles. The second kappa shape index (κ2) is 9.77. The average molecular weight is 439 g/mol. The van der Waals surface area contributed by atoms with Crippen molar-refractivity contribution in [3.05, 3.63) is 78.9 Å². The average Bonchev–Trinajstić information content (AvgIpc) is 2.76. The molecule has 3 N–H and O–H groups in total. The number of hydrogen-bond acceptors (Lipinski definition) is 5. The summed E-state index contributed by atoms with van der Waals surface area (Å²) in [5, 5.41) is 7.87. The molecule has 0 unspecified atom stereocenters. The summed E-state index contributed by atoms with van der Waals surface area (Å²) in [5.74, 6) is -0.213. The molecule has 3 aromatic carbocycles. The van der Waals surface area contributed by atoms with Gasteiger partial charge in [-0.1, -0.05) is 37.3 Å². The molecule has 0 aromatic heterocycles. The van der Waals surface area contributed by atoms with E-state index in [1.807, 2.05) is 6.07 Å². The fraction of sp³-hybridized carbons (Fsp3) is 0.0909. The molecule has 9 heteroatoms. The minimum atomic E-state index is -4.17. The van der Waals surface area contributed by atoms with Gasteiger partial charge in [0.15, 0.2) is 5.75 Å². The van der Waals surface area contributed by atoms with Crippen molar-refractivity contribution in [2.45, 2.75) is 18.2 Å². The summed E-state index contributed by atoms with van der Waals surface area (Å²) in [4.78, 5) is 23.6. The van der Waals surface area contributed by atoms with E-state index in [1.165, 1.54) is 36.4 Å². The SMILES string of the molecule is CCC(=O)Nc1ccc(S(=O)(=O)Oc2ccccc2NC(=O)Nc2ccccc2)cc1. The van der Waals surface area contributed by atoms with Gasteiger partial charge in [0.05, 0.1) is 5.69 Å². The zero-order valence-electron chi connectivity index (χ0n) is 16.7. The van der Waals surface area contributed by atoms with Crippen LogP contribution in [0.2, 0.25) is 0 Å².